The molecular weight excluding hydrogens is 414 g/mol. The first-order valence-electron chi connectivity index (χ1n) is 11.2. The summed E-state index contributed by atoms with van der Waals surface area (Å²) in [6, 6.07) is 17.0. The number of rotatable bonds is 8. The van der Waals surface area contributed by atoms with Crippen LogP contribution in [0.2, 0.25) is 0 Å². The number of carbonyl (C=O) groups is 1. The maximum absolute atomic E-state index is 12.5. The Morgan fingerprint density at radius 3 is 2.58 bits per heavy atom. The highest BCUT2D eigenvalue weighted by molar-refractivity contribution is 6.01. The van der Waals surface area contributed by atoms with Crippen molar-refractivity contribution in [2.75, 3.05) is 17.7 Å². The number of pyridine rings is 1. The second-order valence-electron chi connectivity index (χ2n) is 7.94. The summed E-state index contributed by atoms with van der Waals surface area (Å²) in [5, 5.41) is 5.75. The molecule has 2 aromatic heterocycles. The molecule has 0 unspecified atom stereocenters. The average Bonchev–Trinajstić information content (AvgIpc) is 3.18. The van der Waals surface area contributed by atoms with E-state index < -0.39 is 0 Å². The summed E-state index contributed by atoms with van der Waals surface area (Å²) in [7, 11) is 1.68. The molecule has 0 spiro atoms. The molecule has 2 N–H and O–H groups in total. The first-order chi connectivity index (χ1) is 16.1. The maximum atomic E-state index is 12.5. The van der Waals surface area contributed by atoms with Crippen molar-refractivity contribution in [3.05, 3.63) is 77.7 Å². The second-order valence-corrected chi connectivity index (χ2v) is 7.94. The van der Waals surface area contributed by atoms with Gasteiger partial charge in [0, 0.05) is 23.2 Å². The van der Waals surface area contributed by atoms with Gasteiger partial charge in [0.05, 0.1) is 25.5 Å². The van der Waals surface area contributed by atoms with Crippen LogP contribution in [0, 0.1) is 6.92 Å². The number of ether oxygens (including phenoxy) is 1. The van der Waals surface area contributed by atoms with Gasteiger partial charge in [0.2, 0.25) is 0 Å². The summed E-state index contributed by atoms with van der Waals surface area (Å²) >= 11 is 0. The van der Waals surface area contributed by atoms with Gasteiger partial charge in [0.1, 0.15) is 17.1 Å². The molecular formula is C26H29N5O2. The summed E-state index contributed by atoms with van der Waals surface area (Å²) in [5.41, 5.74) is 4.93. The minimum absolute atomic E-state index is 0.315. The number of nitrogens with one attached hydrogen (secondary N) is 2. The average molecular weight is 444 g/mol. The molecule has 0 saturated carbocycles. The Kier molecular flexibility index (Phi) is 6.88. The number of nitrogens with zero attached hydrogens (tertiary/aromatic N) is 3. The molecule has 7 heteroatoms. The number of urea groups is 1. The second kappa shape index (κ2) is 10.2. The van der Waals surface area contributed by atoms with E-state index >= 15 is 0 Å². The first kappa shape index (κ1) is 22.3. The zero-order chi connectivity index (χ0) is 23.2. The Morgan fingerprint density at radius 1 is 1.06 bits per heavy atom. The van der Waals surface area contributed by atoms with E-state index in [4.69, 9.17) is 14.7 Å². The number of amides is 2. The summed E-state index contributed by atoms with van der Waals surface area (Å²) in [4.78, 5) is 22.1. The molecule has 170 valence electrons. The van der Waals surface area contributed by atoms with Gasteiger partial charge in [-0.3, -0.25) is 0 Å². The van der Waals surface area contributed by atoms with Crippen molar-refractivity contribution in [1.29, 1.82) is 0 Å². The number of aromatic nitrogens is 3. The molecule has 2 heterocycles. The quantitative estimate of drug-likeness (QED) is 0.361. The smallest absolute Gasteiger partial charge is 0.323 e. The minimum Gasteiger partial charge on any atom is -0.496 e. The summed E-state index contributed by atoms with van der Waals surface area (Å²) in [6.07, 6.45) is 4.68. The topological polar surface area (TPSA) is 81.1 Å². The minimum atomic E-state index is -0.315. The van der Waals surface area contributed by atoms with Crippen molar-refractivity contribution in [2.24, 2.45) is 0 Å². The van der Waals surface area contributed by atoms with Crippen LogP contribution in [0.5, 0.6) is 5.75 Å². The lowest BCUT2D eigenvalue weighted by molar-refractivity contribution is 0.262. The number of benzene rings is 2. The number of para-hydroxylation sites is 2. The van der Waals surface area contributed by atoms with Crippen LogP contribution in [0.15, 0.2) is 60.8 Å². The van der Waals surface area contributed by atoms with E-state index in [2.05, 4.69) is 28.2 Å². The van der Waals surface area contributed by atoms with Crippen LogP contribution >= 0.6 is 0 Å². The lowest BCUT2D eigenvalue weighted by atomic mass is 10.2. The number of unbranched alkanes of at least 4 members (excludes halogenated alkanes) is 1. The predicted octanol–water partition coefficient (Wildman–Crippen LogP) is 5.78. The van der Waals surface area contributed by atoms with Gasteiger partial charge in [-0.1, -0.05) is 49.7 Å². The van der Waals surface area contributed by atoms with E-state index in [0.717, 1.165) is 58.8 Å². The monoisotopic (exact) mass is 443 g/mol. The molecule has 2 aromatic carbocycles. The van der Waals surface area contributed by atoms with Crippen LogP contribution in [0.25, 0.3) is 11.2 Å². The van der Waals surface area contributed by atoms with Crippen molar-refractivity contribution < 1.29 is 9.53 Å². The fourth-order valence-electron chi connectivity index (χ4n) is 3.85. The molecule has 0 radical (unpaired) electrons. The van der Waals surface area contributed by atoms with Gasteiger partial charge in [-0.2, -0.15) is 0 Å². The molecule has 4 rings (SSSR count). The molecule has 33 heavy (non-hydrogen) atoms. The predicted molar refractivity (Wildman–Crippen MR) is 132 cm³/mol. The van der Waals surface area contributed by atoms with Gasteiger partial charge in [-0.15, -0.1) is 0 Å². The molecule has 4 aromatic rings. The lowest BCUT2D eigenvalue weighted by Crippen LogP contribution is -2.20. The molecule has 0 saturated heterocycles. The number of aryl methyl sites for hydroxylation is 2. The Bertz CT molecular complexity index is 1250. The van der Waals surface area contributed by atoms with Crippen LogP contribution in [-0.2, 0) is 13.0 Å². The fraction of sp³-hybridized carbons (Fsp3) is 0.269. The normalized spacial score (nSPS) is 10.9. The fourth-order valence-corrected chi connectivity index (χ4v) is 3.85. The molecule has 0 fully saturated rings. The Hall–Kier alpha value is -3.87. The molecule has 0 aliphatic carbocycles. The van der Waals surface area contributed by atoms with Crippen molar-refractivity contribution >= 4 is 28.6 Å². The molecule has 2 amide bonds. The van der Waals surface area contributed by atoms with E-state index in [1.165, 1.54) is 0 Å². The highest BCUT2D eigenvalue weighted by atomic mass is 16.5. The first-order valence-corrected chi connectivity index (χ1v) is 11.2. The van der Waals surface area contributed by atoms with Crippen molar-refractivity contribution in [1.82, 2.24) is 14.5 Å². The molecule has 0 aliphatic rings. The van der Waals surface area contributed by atoms with Crippen molar-refractivity contribution in [3.8, 4) is 5.75 Å². The third-order valence-corrected chi connectivity index (χ3v) is 5.65. The van der Waals surface area contributed by atoms with Gasteiger partial charge in [-0.25, -0.2) is 14.8 Å². The highest BCUT2D eigenvalue weighted by Crippen LogP contribution is 2.27. The van der Waals surface area contributed by atoms with Gasteiger partial charge in [-0.05, 0) is 31.5 Å². The number of fused-ring (bicyclic) bond motifs is 1. The van der Waals surface area contributed by atoms with Crippen molar-refractivity contribution in [3.63, 3.8) is 0 Å². The zero-order valence-corrected chi connectivity index (χ0v) is 19.3. The van der Waals surface area contributed by atoms with E-state index in [9.17, 15) is 4.79 Å². The van der Waals surface area contributed by atoms with E-state index in [1.54, 1.807) is 13.3 Å². The number of carbonyl (C=O) groups excluding carboxylic acids is 1. The molecule has 7 nitrogen and oxygen atoms in total. The molecule has 0 bridgehead atoms. The number of hydrogen-bond acceptors (Lipinski definition) is 4. The van der Waals surface area contributed by atoms with Gasteiger partial charge in [0.25, 0.3) is 0 Å². The van der Waals surface area contributed by atoms with Crippen LogP contribution in [-0.4, -0.2) is 27.7 Å². The van der Waals surface area contributed by atoms with Gasteiger partial charge in [0.15, 0.2) is 5.65 Å². The Balaban J connectivity index is 1.66. The third-order valence-electron chi connectivity index (χ3n) is 5.65. The number of anilines is 2. The summed E-state index contributed by atoms with van der Waals surface area (Å²) in [6.45, 7) is 4.75. The molecule has 0 aliphatic heterocycles. The number of methoxy groups -OCH3 is 1. The van der Waals surface area contributed by atoms with Crippen molar-refractivity contribution in [2.45, 2.75) is 39.7 Å². The van der Waals surface area contributed by atoms with Crippen LogP contribution < -0.4 is 15.4 Å². The zero-order valence-electron chi connectivity index (χ0n) is 19.3. The SMILES string of the molecule is CCCCc1nc2c(C)c(NC(=O)Nc3ccccc3)cnc2n1Cc1ccccc1OC. The Morgan fingerprint density at radius 2 is 1.82 bits per heavy atom. The van der Waals surface area contributed by atoms with E-state index in [0.29, 0.717) is 12.2 Å². The lowest BCUT2D eigenvalue weighted by Gasteiger charge is -2.13. The van der Waals surface area contributed by atoms with E-state index in [1.807, 2.05) is 55.5 Å². The molecule has 0 atom stereocenters. The maximum Gasteiger partial charge on any atom is 0.323 e. The van der Waals surface area contributed by atoms with Crippen LogP contribution in [0.3, 0.4) is 0 Å². The summed E-state index contributed by atoms with van der Waals surface area (Å²) < 4.78 is 7.71. The number of imidazole rings is 1. The van der Waals surface area contributed by atoms with Crippen LogP contribution in [0.4, 0.5) is 16.2 Å². The third kappa shape index (κ3) is 4.98. The largest absolute Gasteiger partial charge is 0.496 e. The summed E-state index contributed by atoms with van der Waals surface area (Å²) in [5.74, 6) is 1.83. The van der Waals surface area contributed by atoms with Gasteiger partial charge < -0.3 is 19.9 Å². The highest BCUT2D eigenvalue weighted by Gasteiger charge is 2.18. The van der Waals surface area contributed by atoms with Gasteiger partial charge >= 0.3 is 6.03 Å². The van der Waals surface area contributed by atoms with Crippen LogP contribution in [0.1, 0.15) is 36.7 Å². The Labute approximate surface area is 193 Å². The number of hydrogen-bond donors (Lipinski definition) is 2. The van der Waals surface area contributed by atoms with E-state index in [-0.39, 0.29) is 6.03 Å². The standard InChI is InChI=1S/C26H29N5O2/c1-4-5-15-23-30-24-18(2)21(29-26(32)28-20-12-7-6-8-13-20)16-27-25(24)31(23)17-19-11-9-10-14-22(19)33-3/h6-14,16H,4-5,15,17H2,1-3H3,(H2,28,29,32).